The van der Waals surface area contributed by atoms with Gasteiger partial charge in [0.25, 0.3) is 0 Å². The Morgan fingerprint density at radius 3 is 2.58 bits per heavy atom. The van der Waals surface area contributed by atoms with Crippen LogP contribution in [-0.2, 0) is 16.0 Å². The summed E-state index contributed by atoms with van der Waals surface area (Å²) < 4.78 is 5.67. The van der Waals surface area contributed by atoms with Gasteiger partial charge in [0, 0.05) is 25.3 Å². The highest BCUT2D eigenvalue weighted by Gasteiger charge is 2.42. The van der Waals surface area contributed by atoms with E-state index in [1.54, 1.807) is 9.80 Å². The van der Waals surface area contributed by atoms with Gasteiger partial charge in [0.1, 0.15) is 0 Å². The molecule has 0 bridgehead atoms. The monoisotopic (exact) mass is 329 g/mol. The highest BCUT2D eigenvalue weighted by molar-refractivity contribution is 5.98. The number of benzene rings is 1. The minimum atomic E-state index is -0.148. The maximum absolute atomic E-state index is 12.4. The van der Waals surface area contributed by atoms with E-state index in [1.807, 2.05) is 24.3 Å². The van der Waals surface area contributed by atoms with Crippen molar-refractivity contribution in [1.82, 2.24) is 10.2 Å². The van der Waals surface area contributed by atoms with Crippen molar-refractivity contribution in [2.75, 3.05) is 37.7 Å². The van der Waals surface area contributed by atoms with Crippen molar-refractivity contribution in [3.05, 3.63) is 29.8 Å². The van der Waals surface area contributed by atoms with Crippen LogP contribution in [0.5, 0.6) is 0 Å². The molecule has 3 aliphatic rings. The number of nitrogens with one attached hydrogen (secondary N) is 1. The molecule has 1 spiro atoms. The summed E-state index contributed by atoms with van der Waals surface area (Å²) >= 11 is 0. The molecule has 3 amide bonds. The van der Waals surface area contributed by atoms with Crippen LogP contribution in [0.3, 0.4) is 0 Å². The number of hydrogen-bond donors (Lipinski definition) is 1. The van der Waals surface area contributed by atoms with Gasteiger partial charge in [0.05, 0.1) is 18.8 Å². The van der Waals surface area contributed by atoms with Crippen LogP contribution in [0.4, 0.5) is 10.5 Å². The highest BCUT2D eigenvalue weighted by atomic mass is 16.5. The second-order valence-electron chi connectivity index (χ2n) is 6.85. The molecule has 1 N–H and O–H groups in total. The van der Waals surface area contributed by atoms with Crippen molar-refractivity contribution < 1.29 is 14.3 Å². The molecule has 0 radical (unpaired) electrons. The number of nitrogens with zero attached hydrogens (tertiary/aromatic N) is 2. The first-order valence-electron chi connectivity index (χ1n) is 8.72. The Balaban J connectivity index is 1.28. The second-order valence-corrected chi connectivity index (χ2v) is 6.85. The number of anilines is 1. The maximum atomic E-state index is 12.4. The van der Waals surface area contributed by atoms with Crippen LogP contribution in [0, 0.1) is 0 Å². The van der Waals surface area contributed by atoms with Crippen LogP contribution >= 0.6 is 0 Å². The van der Waals surface area contributed by atoms with Gasteiger partial charge >= 0.3 is 6.03 Å². The predicted octanol–water partition coefficient (Wildman–Crippen LogP) is 1.54. The zero-order chi connectivity index (χ0) is 16.6. The number of fused-ring (bicyclic) bond motifs is 1. The van der Waals surface area contributed by atoms with Crippen molar-refractivity contribution in [3.8, 4) is 0 Å². The molecule has 128 valence electrons. The van der Waals surface area contributed by atoms with Gasteiger partial charge in [0.15, 0.2) is 0 Å². The average Bonchev–Trinajstić information content (AvgIpc) is 3.02. The van der Waals surface area contributed by atoms with Gasteiger partial charge in [-0.15, -0.1) is 0 Å². The summed E-state index contributed by atoms with van der Waals surface area (Å²) in [6, 6.07) is 7.79. The van der Waals surface area contributed by atoms with Gasteiger partial charge in [-0.3, -0.25) is 4.79 Å². The number of para-hydroxylation sites is 1. The van der Waals surface area contributed by atoms with Crippen LogP contribution in [0.15, 0.2) is 24.3 Å². The number of amides is 3. The first-order chi connectivity index (χ1) is 11.7. The molecule has 24 heavy (non-hydrogen) atoms. The van der Waals surface area contributed by atoms with Gasteiger partial charge in [-0.05, 0) is 37.3 Å². The van der Waals surface area contributed by atoms with Gasteiger partial charge in [-0.2, -0.15) is 0 Å². The number of carbonyl (C=O) groups excluding carboxylic acids is 2. The summed E-state index contributed by atoms with van der Waals surface area (Å²) in [5.41, 5.74) is 2.20. The summed E-state index contributed by atoms with van der Waals surface area (Å²) in [5.74, 6) is -0.0518. The Kier molecular flexibility index (Phi) is 3.92. The molecule has 4 rings (SSSR count). The fourth-order valence-electron chi connectivity index (χ4n) is 3.86. The minimum Gasteiger partial charge on any atom is -0.375 e. The van der Waals surface area contributed by atoms with E-state index in [2.05, 4.69) is 5.32 Å². The lowest BCUT2D eigenvalue weighted by Gasteiger charge is -2.47. The van der Waals surface area contributed by atoms with Crippen molar-refractivity contribution in [2.45, 2.75) is 31.3 Å². The van der Waals surface area contributed by atoms with E-state index in [-0.39, 0.29) is 24.1 Å². The van der Waals surface area contributed by atoms with Crippen LogP contribution in [0.1, 0.15) is 24.8 Å². The molecule has 6 heteroatoms. The van der Waals surface area contributed by atoms with E-state index < -0.39 is 0 Å². The van der Waals surface area contributed by atoms with Crippen LogP contribution in [0.2, 0.25) is 0 Å². The van der Waals surface area contributed by atoms with E-state index >= 15 is 0 Å². The number of piperidine rings is 1. The molecule has 3 heterocycles. The van der Waals surface area contributed by atoms with Gasteiger partial charge in [-0.1, -0.05) is 18.2 Å². The third-order valence-corrected chi connectivity index (χ3v) is 5.51. The molecule has 0 saturated carbocycles. The Bertz CT molecular complexity index is 647. The van der Waals surface area contributed by atoms with Crippen molar-refractivity contribution >= 4 is 17.6 Å². The normalized spacial score (nSPS) is 21.3. The van der Waals surface area contributed by atoms with Crippen molar-refractivity contribution in [3.63, 3.8) is 0 Å². The van der Waals surface area contributed by atoms with E-state index in [9.17, 15) is 9.59 Å². The van der Waals surface area contributed by atoms with Crippen molar-refractivity contribution in [1.29, 1.82) is 0 Å². The molecule has 2 fully saturated rings. The summed E-state index contributed by atoms with van der Waals surface area (Å²) in [4.78, 5) is 28.3. The first kappa shape index (κ1) is 15.4. The summed E-state index contributed by atoms with van der Waals surface area (Å²) in [6.07, 6.45) is 3.78. The molecular weight excluding hydrogens is 306 g/mol. The highest BCUT2D eigenvalue weighted by Crippen LogP contribution is 2.36. The smallest absolute Gasteiger partial charge is 0.317 e. The zero-order valence-corrected chi connectivity index (χ0v) is 13.8. The summed E-state index contributed by atoms with van der Waals surface area (Å²) in [6.45, 7) is 2.99. The number of ether oxygens (including phenoxy) is 1. The lowest BCUT2D eigenvalue weighted by Crippen LogP contribution is -2.55. The van der Waals surface area contributed by atoms with Crippen LogP contribution in [0.25, 0.3) is 0 Å². The average molecular weight is 329 g/mol. The third kappa shape index (κ3) is 2.75. The molecule has 1 aromatic carbocycles. The lowest BCUT2D eigenvalue weighted by atomic mass is 9.84. The van der Waals surface area contributed by atoms with E-state index in [4.69, 9.17) is 4.74 Å². The van der Waals surface area contributed by atoms with Gasteiger partial charge in [-0.25, -0.2) is 4.79 Å². The standard InChI is InChI=1S/C18H23N3O3/c22-16(21-9-5-14-3-1-2-4-15(14)21)13-19-17(23)20-10-6-18(7-11-20)8-12-24-18/h1-4H,5-13H2,(H,19,23). The second kappa shape index (κ2) is 6.09. The van der Waals surface area contributed by atoms with Gasteiger partial charge in [0.2, 0.25) is 5.91 Å². The summed E-state index contributed by atoms with van der Waals surface area (Å²) in [7, 11) is 0. The molecule has 0 unspecified atom stereocenters. The summed E-state index contributed by atoms with van der Waals surface area (Å²) in [5, 5.41) is 2.78. The zero-order valence-electron chi connectivity index (χ0n) is 13.8. The number of urea groups is 1. The van der Waals surface area contributed by atoms with E-state index in [1.165, 1.54) is 5.56 Å². The van der Waals surface area contributed by atoms with Gasteiger partial charge < -0.3 is 19.9 Å². The molecule has 6 nitrogen and oxygen atoms in total. The maximum Gasteiger partial charge on any atom is 0.317 e. The largest absolute Gasteiger partial charge is 0.375 e. The van der Waals surface area contributed by atoms with Crippen LogP contribution < -0.4 is 10.2 Å². The molecule has 1 aromatic rings. The SMILES string of the molecule is O=C(NCC(=O)N1CCc2ccccc21)N1CCC2(CCO2)CC1. The fourth-order valence-corrected chi connectivity index (χ4v) is 3.86. The number of hydrogen-bond acceptors (Lipinski definition) is 3. The predicted molar refractivity (Wildman–Crippen MR) is 90.0 cm³/mol. The Labute approximate surface area is 141 Å². The quantitative estimate of drug-likeness (QED) is 0.895. The molecule has 0 aromatic heterocycles. The van der Waals surface area contributed by atoms with Crippen LogP contribution in [-0.4, -0.2) is 55.2 Å². The molecule has 2 saturated heterocycles. The molecule has 0 atom stereocenters. The Morgan fingerprint density at radius 1 is 1.12 bits per heavy atom. The molecule has 3 aliphatic heterocycles. The van der Waals surface area contributed by atoms with E-state index in [0.717, 1.165) is 38.0 Å². The Morgan fingerprint density at radius 2 is 1.88 bits per heavy atom. The number of rotatable bonds is 2. The Hall–Kier alpha value is -2.08. The fraction of sp³-hybridized carbons (Fsp3) is 0.556. The number of carbonyl (C=O) groups is 2. The van der Waals surface area contributed by atoms with E-state index in [0.29, 0.717) is 19.6 Å². The minimum absolute atomic E-state index is 0.0336. The molecular formula is C18H23N3O3. The topological polar surface area (TPSA) is 61.9 Å². The molecule has 0 aliphatic carbocycles. The number of likely N-dealkylation sites (tertiary alicyclic amines) is 1. The van der Waals surface area contributed by atoms with Crippen molar-refractivity contribution in [2.24, 2.45) is 0 Å². The lowest BCUT2D eigenvalue weighted by molar-refractivity contribution is -0.169. The first-order valence-corrected chi connectivity index (χ1v) is 8.72. The third-order valence-electron chi connectivity index (χ3n) is 5.51.